The van der Waals surface area contributed by atoms with Crippen LogP contribution in [0.4, 0.5) is 4.79 Å². The van der Waals surface area contributed by atoms with Crippen LogP contribution in [0, 0.1) is 17.8 Å². The Morgan fingerprint density at radius 3 is 2.52 bits per heavy atom. The van der Waals surface area contributed by atoms with E-state index in [2.05, 4.69) is 20.3 Å². The van der Waals surface area contributed by atoms with E-state index in [1.807, 2.05) is 50.3 Å². The van der Waals surface area contributed by atoms with Gasteiger partial charge in [0.05, 0.1) is 25.1 Å². The van der Waals surface area contributed by atoms with Gasteiger partial charge in [0.15, 0.2) is 0 Å². The molecule has 4 amide bonds. The van der Waals surface area contributed by atoms with Crippen molar-refractivity contribution >= 4 is 44.6 Å². The first-order valence-corrected chi connectivity index (χ1v) is 18.8. The van der Waals surface area contributed by atoms with Crippen molar-refractivity contribution in [2.45, 2.75) is 94.2 Å². The van der Waals surface area contributed by atoms with Crippen LogP contribution in [0.5, 0.6) is 11.6 Å². The Kier molecular flexibility index (Phi) is 9.98. The summed E-state index contributed by atoms with van der Waals surface area (Å²) in [5, 5.41) is 15.7. The smallest absolute Gasteiger partial charge is 0.405 e. The quantitative estimate of drug-likeness (QED) is 0.310. The van der Waals surface area contributed by atoms with Gasteiger partial charge in [-0.1, -0.05) is 50.6 Å². The Morgan fingerprint density at radius 2 is 1.84 bits per heavy atom. The van der Waals surface area contributed by atoms with Gasteiger partial charge in [0, 0.05) is 23.1 Å². The average molecular weight is 712 g/mol. The molecule has 14 nitrogen and oxygen atoms in total. The van der Waals surface area contributed by atoms with Crippen molar-refractivity contribution in [1.82, 2.24) is 25.2 Å². The molecular weight excluding hydrogens is 666 g/mol. The molecule has 7 atom stereocenters. The van der Waals surface area contributed by atoms with E-state index < -0.39 is 74.7 Å². The molecule has 50 heavy (non-hydrogen) atoms. The van der Waals surface area contributed by atoms with E-state index in [0.29, 0.717) is 36.8 Å². The second-order valence-electron chi connectivity index (χ2n) is 14.2. The Balaban J connectivity index is 1.33. The second-order valence-corrected chi connectivity index (χ2v) is 16.2. The summed E-state index contributed by atoms with van der Waals surface area (Å²) in [6, 6.07) is 5.06. The van der Waals surface area contributed by atoms with Crippen molar-refractivity contribution in [3.8, 4) is 11.6 Å². The van der Waals surface area contributed by atoms with Crippen LogP contribution in [0.3, 0.4) is 0 Å². The fourth-order valence-corrected chi connectivity index (χ4v) is 9.05. The number of fused-ring (bicyclic) bond motifs is 3. The average Bonchev–Trinajstić information content (AvgIpc) is 3.57. The molecule has 2 aliphatic carbocycles. The number of hydrogen-bond donors (Lipinski definition) is 4. The summed E-state index contributed by atoms with van der Waals surface area (Å²) >= 11 is 0. The Labute approximate surface area is 291 Å². The van der Waals surface area contributed by atoms with Crippen LogP contribution in [0.15, 0.2) is 42.6 Å². The summed E-state index contributed by atoms with van der Waals surface area (Å²) in [7, 11) is -2.39. The molecule has 1 aromatic carbocycles. The van der Waals surface area contributed by atoms with Crippen LogP contribution >= 0.6 is 0 Å². The zero-order valence-corrected chi connectivity index (χ0v) is 29.3. The molecule has 0 spiro atoms. The summed E-state index contributed by atoms with van der Waals surface area (Å²) in [5.74, 6) is -1.95. The number of allylic oxidation sites excluding steroid dienone is 1. The molecule has 15 heteroatoms. The van der Waals surface area contributed by atoms with Gasteiger partial charge in [0.1, 0.15) is 29.5 Å². The number of pyridine rings is 1. The zero-order valence-electron chi connectivity index (χ0n) is 28.5. The molecule has 6 rings (SSSR count). The summed E-state index contributed by atoms with van der Waals surface area (Å²) < 4.78 is 40.0. The number of nitrogens with one attached hydrogen (secondary N) is 3. The van der Waals surface area contributed by atoms with E-state index in [1.165, 1.54) is 18.2 Å². The van der Waals surface area contributed by atoms with Gasteiger partial charge >= 0.3 is 6.09 Å². The van der Waals surface area contributed by atoms with Crippen LogP contribution < -0.4 is 24.8 Å². The molecule has 4 aliphatic rings. The number of rotatable bonds is 7. The normalized spacial score (nSPS) is 31.1. The van der Waals surface area contributed by atoms with Gasteiger partial charge < -0.3 is 30.1 Å². The minimum Gasteiger partial charge on any atom is -0.494 e. The molecule has 2 saturated carbocycles. The number of ether oxygens (including phenoxy) is 2. The molecule has 1 aromatic heterocycles. The van der Waals surface area contributed by atoms with Gasteiger partial charge in [-0.15, -0.1) is 0 Å². The molecule has 0 bridgehead atoms. The fraction of sp³-hybridized carbons (Fsp3) is 0.571. The summed E-state index contributed by atoms with van der Waals surface area (Å²) in [4.78, 5) is 60.0. The van der Waals surface area contributed by atoms with Crippen LogP contribution in [-0.4, -0.2) is 89.9 Å². The molecule has 0 radical (unpaired) electrons. The Hall–Kier alpha value is -4.40. The molecule has 3 fully saturated rings. The minimum atomic E-state index is -3.93. The molecule has 1 saturated heterocycles. The van der Waals surface area contributed by atoms with Crippen molar-refractivity contribution in [1.29, 1.82) is 0 Å². The first-order valence-electron chi connectivity index (χ1n) is 17.3. The predicted octanol–water partition coefficient (Wildman–Crippen LogP) is 3.11. The largest absolute Gasteiger partial charge is 0.494 e. The highest BCUT2D eigenvalue weighted by Crippen LogP contribution is 2.46. The lowest BCUT2D eigenvalue weighted by Crippen LogP contribution is -2.59. The Morgan fingerprint density at radius 1 is 1.10 bits per heavy atom. The number of carboxylic acid groups (broad SMARTS) is 1. The molecule has 3 heterocycles. The molecule has 2 aromatic rings. The van der Waals surface area contributed by atoms with Crippen LogP contribution in [-0.2, 0) is 24.4 Å². The third kappa shape index (κ3) is 7.10. The number of sulfonamides is 1. The first-order chi connectivity index (χ1) is 23.8. The highest BCUT2D eigenvalue weighted by molar-refractivity contribution is 7.90. The standard InChI is InChI=1S/C35H45N5O9S/c1-20-9-4-5-10-22-17-35(22,33(43)39-50(46,47)24-11-8-12-24)38-30(41)27-16-23(19-40(27)32(42)29(21(2)15-20)37-34(44)45)49-31-26-14-7-6-13-25(26)28(48-3)18-36-31/h5-7,10,13-14,18,20-24,27,29,37H,4,8-9,11-12,15-17,19H2,1-3H3,(H,38,41)(H,39,43)(H,44,45)/b10-5-/t20-,21-,22-,23-,27+,29+,35-/m1/s1. The molecule has 2 aliphatic heterocycles. The Bertz CT molecular complexity index is 1800. The van der Waals surface area contributed by atoms with Gasteiger partial charge in [-0.2, -0.15) is 0 Å². The predicted molar refractivity (Wildman–Crippen MR) is 183 cm³/mol. The van der Waals surface area contributed by atoms with E-state index >= 15 is 0 Å². The number of benzene rings is 1. The lowest BCUT2D eigenvalue weighted by atomic mass is 9.88. The van der Waals surface area contributed by atoms with E-state index in [4.69, 9.17) is 9.47 Å². The molecule has 270 valence electrons. The SMILES string of the molecule is COc1cnc(O[C@@H]2C[C@H]3C(=O)N[C@]4(C(=O)NS(=O)(=O)C5CCC5)C[C@H]4/C=C\CC[C@@H](C)C[C@@H](C)[C@H](NC(=O)O)C(=O)N3C2)c2ccccc12. The third-order valence-corrected chi connectivity index (χ3v) is 12.5. The number of methoxy groups -OCH3 is 1. The minimum absolute atomic E-state index is 0.0166. The molecular formula is C35H45N5O9S. The van der Waals surface area contributed by atoms with Crippen LogP contribution in [0.1, 0.15) is 65.2 Å². The summed E-state index contributed by atoms with van der Waals surface area (Å²) in [6.07, 6.45) is 7.07. The van der Waals surface area contributed by atoms with Gasteiger partial charge in [-0.05, 0) is 56.4 Å². The number of nitrogens with zero attached hydrogens (tertiary/aromatic N) is 2. The van der Waals surface area contributed by atoms with Crippen molar-refractivity contribution in [3.63, 3.8) is 0 Å². The third-order valence-electron chi connectivity index (χ3n) is 10.6. The van der Waals surface area contributed by atoms with Gasteiger partial charge in [0.2, 0.25) is 27.7 Å². The van der Waals surface area contributed by atoms with E-state index in [-0.39, 0.29) is 31.2 Å². The van der Waals surface area contributed by atoms with Crippen molar-refractivity contribution < 1.29 is 42.2 Å². The fourth-order valence-electron chi connectivity index (χ4n) is 7.49. The maximum Gasteiger partial charge on any atom is 0.405 e. The van der Waals surface area contributed by atoms with Crippen LogP contribution in [0.25, 0.3) is 10.8 Å². The number of hydrogen-bond acceptors (Lipinski definition) is 9. The highest BCUT2D eigenvalue weighted by atomic mass is 32.2. The first kappa shape index (κ1) is 35.4. The lowest BCUT2D eigenvalue weighted by molar-refractivity contribution is -0.142. The van der Waals surface area contributed by atoms with Gasteiger partial charge in [0.25, 0.3) is 5.91 Å². The van der Waals surface area contributed by atoms with Gasteiger partial charge in [-0.25, -0.2) is 18.2 Å². The number of carbonyl (C=O) groups is 4. The maximum atomic E-state index is 14.3. The molecule has 4 N–H and O–H groups in total. The topological polar surface area (TPSA) is 193 Å². The number of carbonyl (C=O) groups excluding carboxylic acids is 3. The van der Waals surface area contributed by atoms with Crippen molar-refractivity contribution in [3.05, 3.63) is 42.6 Å². The maximum absolute atomic E-state index is 14.3. The summed E-state index contributed by atoms with van der Waals surface area (Å²) in [5.41, 5.74) is -1.52. The van der Waals surface area contributed by atoms with E-state index in [1.54, 1.807) is 0 Å². The molecule has 0 unspecified atom stereocenters. The summed E-state index contributed by atoms with van der Waals surface area (Å²) in [6.45, 7) is 3.79. The second kappa shape index (κ2) is 14.1. The van der Waals surface area contributed by atoms with E-state index in [0.717, 1.165) is 18.2 Å². The highest BCUT2D eigenvalue weighted by Gasteiger charge is 2.62. The lowest BCUT2D eigenvalue weighted by Gasteiger charge is -2.32. The number of aromatic nitrogens is 1. The van der Waals surface area contributed by atoms with E-state index in [9.17, 15) is 32.7 Å². The van der Waals surface area contributed by atoms with Gasteiger partial charge in [-0.3, -0.25) is 19.1 Å². The van der Waals surface area contributed by atoms with Crippen molar-refractivity contribution in [2.75, 3.05) is 13.7 Å². The zero-order chi connectivity index (χ0) is 35.8. The van der Waals surface area contributed by atoms with Crippen molar-refractivity contribution in [2.24, 2.45) is 17.8 Å². The number of amides is 4. The van der Waals surface area contributed by atoms with Crippen LogP contribution in [0.2, 0.25) is 0 Å². The monoisotopic (exact) mass is 711 g/mol.